The van der Waals surface area contributed by atoms with Crippen LogP contribution in [0, 0.1) is 5.92 Å². The Labute approximate surface area is 107 Å². The van der Waals surface area contributed by atoms with Crippen LogP contribution in [0.5, 0.6) is 0 Å². The molecule has 0 radical (unpaired) electrons. The summed E-state index contributed by atoms with van der Waals surface area (Å²) < 4.78 is 2.32. The predicted octanol–water partition coefficient (Wildman–Crippen LogP) is 3.34. The predicted molar refractivity (Wildman–Crippen MR) is 74.4 cm³/mol. The molecule has 0 aliphatic heterocycles. The molecule has 0 saturated heterocycles. The highest BCUT2D eigenvalue weighted by molar-refractivity contribution is 7.09. The molecule has 2 heterocycles. The van der Waals surface area contributed by atoms with Crippen molar-refractivity contribution in [3.8, 4) is 0 Å². The van der Waals surface area contributed by atoms with E-state index >= 15 is 0 Å². The van der Waals surface area contributed by atoms with Crippen LogP contribution in [-0.2, 0) is 13.1 Å². The Bertz CT molecular complexity index is 429. The van der Waals surface area contributed by atoms with E-state index < -0.39 is 0 Å². The van der Waals surface area contributed by atoms with E-state index in [-0.39, 0.29) is 0 Å². The fourth-order valence-electron chi connectivity index (χ4n) is 1.82. The third-order valence-corrected chi connectivity index (χ3v) is 3.55. The van der Waals surface area contributed by atoms with Crippen LogP contribution in [0.25, 0.3) is 0 Å². The van der Waals surface area contributed by atoms with E-state index in [9.17, 15) is 0 Å². The minimum absolute atomic E-state index is 0.704. The second-order valence-corrected chi connectivity index (χ2v) is 5.76. The highest BCUT2D eigenvalue weighted by Gasteiger charge is 2.02. The number of aromatic nitrogens is 1. The molecule has 0 fully saturated rings. The van der Waals surface area contributed by atoms with Gasteiger partial charge in [-0.3, -0.25) is 0 Å². The molecule has 0 aliphatic carbocycles. The molecule has 2 aromatic heterocycles. The minimum atomic E-state index is 0.704. The van der Waals surface area contributed by atoms with Crippen molar-refractivity contribution in [1.29, 1.82) is 0 Å². The summed E-state index contributed by atoms with van der Waals surface area (Å²) in [5, 5.41) is 5.62. The molecule has 92 valence electrons. The van der Waals surface area contributed by atoms with E-state index in [1.54, 1.807) is 0 Å². The van der Waals surface area contributed by atoms with Crippen LogP contribution in [0.1, 0.15) is 24.4 Å². The molecule has 2 aromatic rings. The molecule has 0 bridgehead atoms. The summed E-state index contributed by atoms with van der Waals surface area (Å²) >= 11 is 1.82. The Balaban J connectivity index is 1.92. The van der Waals surface area contributed by atoms with Crippen molar-refractivity contribution in [2.45, 2.75) is 26.9 Å². The second-order valence-electron chi connectivity index (χ2n) is 4.73. The van der Waals surface area contributed by atoms with Gasteiger partial charge in [0, 0.05) is 23.3 Å². The van der Waals surface area contributed by atoms with E-state index in [1.807, 2.05) is 11.3 Å². The SMILES string of the molecule is CC(C)CNCc1cccn1Cc1cccs1. The summed E-state index contributed by atoms with van der Waals surface area (Å²) in [5.74, 6) is 0.704. The van der Waals surface area contributed by atoms with Gasteiger partial charge < -0.3 is 9.88 Å². The quantitative estimate of drug-likeness (QED) is 0.829. The van der Waals surface area contributed by atoms with Gasteiger partial charge in [0.1, 0.15) is 0 Å². The zero-order valence-electron chi connectivity index (χ0n) is 10.5. The maximum absolute atomic E-state index is 3.49. The Hall–Kier alpha value is -1.06. The normalized spacial score (nSPS) is 11.2. The first-order valence-corrected chi connectivity index (χ1v) is 7.01. The van der Waals surface area contributed by atoms with Crippen LogP contribution in [0.15, 0.2) is 35.8 Å². The van der Waals surface area contributed by atoms with E-state index in [0.717, 1.165) is 19.6 Å². The molecule has 0 amide bonds. The van der Waals surface area contributed by atoms with Gasteiger partial charge in [-0.05, 0) is 36.0 Å². The lowest BCUT2D eigenvalue weighted by molar-refractivity contribution is 0.539. The number of nitrogens with zero attached hydrogens (tertiary/aromatic N) is 1. The Morgan fingerprint density at radius 2 is 2.18 bits per heavy atom. The molecule has 2 rings (SSSR count). The molecule has 1 N–H and O–H groups in total. The van der Waals surface area contributed by atoms with Gasteiger partial charge in [0.05, 0.1) is 6.54 Å². The number of thiophene rings is 1. The number of nitrogens with one attached hydrogen (secondary N) is 1. The molecule has 3 heteroatoms. The Morgan fingerprint density at radius 3 is 2.88 bits per heavy atom. The maximum atomic E-state index is 3.49. The maximum Gasteiger partial charge on any atom is 0.0566 e. The summed E-state index contributed by atoms with van der Waals surface area (Å²) in [6, 6.07) is 8.62. The zero-order chi connectivity index (χ0) is 12.1. The smallest absolute Gasteiger partial charge is 0.0566 e. The molecule has 17 heavy (non-hydrogen) atoms. The standard InChI is InChI=1S/C14H20N2S/c1-12(2)9-15-10-13-5-3-7-16(13)11-14-6-4-8-17-14/h3-8,12,15H,9-11H2,1-2H3. The van der Waals surface area contributed by atoms with Gasteiger partial charge in [-0.25, -0.2) is 0 Å². The molecule has 2 nitrogen and oxygen atoms in total. The van der Waals surface area contributed by atoms with Crippen molar-refractivity contribution in [3.63, 3.8) is 0 Å². The molecule has 0 spiro atoms. The molecule has 0 saturated carbocycles. The summed E-state index contributed by atoms with van der Waals surface area (Å²) in [7, 11) is 0. The third kappa shape index (κ3) is 3.72. The molecule has 0 atom stereocenters. The largest absolute Gasteiger partial charge is 0.345 e. The highest BCUT2D eigenvalue weighted by Crippen LogP contribution is 2.12. The van der Waals surface area contributed by atoms with Crippen LogP contribution in [0.4, 0.5) is 0 Å². The van der Waals surface area contributed by atoms with Crippen LogP contribution in [-0.4, -0.2) is 11.1 Å². The van der Waals surface area contributed by atoms with Gasteiger partial charge in [0.25, 0.3) is 0 Å². The Kier molecular flexibility index (Phi) is 4.40. The fraction of sp³-hybridized carbons (Fsp3) is 0.429. The van der Waals surface area contributed by atoms with Gasteiger partial charge in [-0.2, -0.15) is 0 Å². The van der Waals surface area contributed by atoms with Gasteiger partial charge in [-0.15, -0.1) is 11.3 Å². The molecular formula is C14H20N2S. The van der Waals surface area contributed by atoms with E-state index in [0.29, 0.717) is 5.92 Å². The first-order chi connectivity index (χ1) is 8.25. The monoisotopic (exact) mass is 248 g/mol. The van der Waals surface area contributed by atoms with Crippen molar-refractivity contribution >= 4 is 11.3 Å². The topological polar surface area (TPSA) is 17.0 Å². The van der Waals surface area contributed by atoms with Crippen LogP contribution < -0.4 is 5.32 Å². The first-order valence-electron chi connectivity index (χ1n) is 6.13. The zero-order valence-corrected chi connectivity index (χ0v) is 11.3. The van der Waals surface area contributed by atoms with E-state index in [2.05, 4.69) is 59.6 Å². The lowest BCUT2D eigenvalue weighted by Gasteiger charge is -2.10. The van der Waals surface area contributed by atoms with Crippen LogP contribution in [0.2, 0.25) is 0 Å². The summed E-state index contributed by atoms with van der Waals surface area (Å²) in [5.41, 5.74) is 1.36. The first kappa shape index (κ1) is 12.4. The average Bonchev–Trinajstić information content (AvgIpc) is 2.91. The lowest BCUT2D eigenvalue weighted by Crippen LogP contribution is -2.20. The molecular weight excluding hydrogens is 228 g/mol. The van der Waals surface area contributed by atoms with Crippen molar-refractivity contribution < 1.29 is 0 Å². The number of hydrogen-bond donors (Lipinski definition) is 1. The summed E-state index contributed by atoms with van der Waals surface area (Å²) in [4.78, 5) is 1.41. The van der Waals surface area contributed by atoms with E-state index in [4.69, 9.17) is 0 Å². The van der Waals surface area contributed by atoms with Crippen molar-refractivity contribution in [2.75, 3.05) is 6.54 Å². The van der Waals surface area contributed by atoms with E-state index in [1.165, 1.54) is 10.6 Å². The van der Waals surface area contributed by atoms with Crippen LogP contribution in [0.3, 0.4) is 0 Å². The Morgan fingerprint density at radius 1 is 1.29 bits per heavy atom. The van der Waals surface area contributed by atoms with Crippen molar-refractivity contribution in [3.05, 3.63) is 46.4 Å². The van der Waals surface area contributed by atoms with Gasteiger partial charge >= 0.3 is 0 Å². The molecule has 0 aliphatic rings. The highest BCUT2D eigenvalue weighted by atomic mass is 32.1. The van der Waals surface area contributed by atoms with Crippen LogP contribution >= 0.6 is 11.3 Å². The summed E-state index contributed by atoms with van der Waals surface area (Å²) in [6.45, 7) is 7.49. The fourth-order valence-corrected chi connectivity index (χ4v) is 2.53. The average molecular weight is 248 g/mol. The lowest BCUT2D eigenvalue weighted by atomic mass is 10.2. The second kappa shape index (κ2) is 6.03. The summed E-state index contributed by atoms with van der Waals surface area (Å²) in [6.07, 6.45) is 2.16. The molecule has 0 aromatic carbocycles. The molecule has 0 unspecified atom stereocenters. The number of rotatable bonds is 6. The van der Waals surface area contributed by atoms with Gasteiger partial charge in [0.15, 0.2) is 0 Å². The number of hydrogen-bond acceptors (Lipinski definition) is 2. The van der Waals surface area contributed by atoms with Crippen molar-refractivity contribution in [1.82, 2.24) is 9.88 Å². The minimum Gasteiger partial charge on any atom is -0.345 e. The van der Waals surface area contributed by atoms with Gasteiger partial charge in [0.2, 0.25) is 0 Å². The van der Waals surface area contributed by atoms with Crippen molar-refractivity contribution in [2.24, 2.45) is 5.92 Å². The van der Waals surface area contributed by atoms with Gasteiger partial charge in [-0.1, -0.05) is 19.9 Å². The third-order valence-electron chi connectivity index (χ3n) is 2.69.